The van der Waals surface area contributed by atoms with Crippen LogP contribution in [0.25, 0.3) is 0 Å². The third kappa shape index (κ3) is 3.49. The van der Waals surface area contributed by atoms with Crippen molar-refractivity contribution in [2.24, 2.45) is 0 Å². The maximum Gasteiger partial charge on any atom is 0.454 e. The number of hydrogen-bond donors (Lipinski definition) is 2. The Morgan fingerprint density at radius 3 is 2.26 bits per heavy atom. The van der Waals surface area contributed by atoms with Crippen molar-refractivity contribution < 1.29 is 36.2 Å². The summed E-state index contributed by atoms with van der Waals surface area (Å²) in [6, 6.07) is 4.19. The number of alkyl halides is 6. The lowest BCUT2D eigenvalue weighted by Crippen LogP contribution is -2.39. The molecule has 126 valence electrons. The van der Waals surface area contributed by atoms with Crippen molar-refractivity contribution in [2.45, 2.75) is 24.8 Å². The van der Waals surface area contributed by atoms with Gasteiger partial charge in [0.2, 0.25) is 5.76 Å². The highest BCUT2D eigenvalue weighted by atomic mass is 19.4. The molecule has 0 saturated heterocycles. The van der Waals surface area contributed by atoms with E-state index in [1.165, 1.54) is 12.1 Å². The third-order valence-electron chi connectivity index (χ3n) is 3.42. The largest absolute Gasteiger partial charge is 0.504 e. The zero-order valence-electron chi connectivity index (χ0n) is 11.4. The number of fused-ring (bicyclic) bond motifs is 1. The summed E-state index contributed by atoms with van der Waals surface area (Å²) in [5.74, 6) is -5.25. The average molecular weight is 339 g/mol. The second-order valence-electron chi connectivity index (χ2n) is 4.92. The van der Waals surface area contributed by atoms with Gasteiger partial charge < -0.3 is 10.4 Å². The second kappa shape index (κ2) is 5.88. The van der Waals surface area contributed by atoms with Gasteiger partial charge in [0.1, 0.15) is 0 Å². The molecular weight excluding hydrogens is 328 g/mol. The fourth-order valence-corrected chi connectivity index (χ4v) is 2.44. The van der Waals surface area contributed by atoms with Gasteiger partial charge in [-0.3, -0.25) is 4.79 Å². The fourth-order valence-electron chi connectivity index (χ4n) is 2.44. The Kier molecular flexibility index (Phi) is 4.43. The summed E-state index contributed by atoms with van der Waals surface area (Å²) in [4.78, 5) is 11.5. The van der Waals surface area contributed by atoms with E-state index in [4.69, 9.17) is 0 Å². The molecule has 1 atom stereocenters. The van der Waals surface area contributed by atoms with Crippen LogP contribution in [0.2, 0.25) is 0 Å². The van der Waals surface area contributed by atoms with Gasteiger partial charge in [0, 0.05) is 6.54 Å². The normalized spacial score (nSPS) is 19.8. The Balaban J connectivity index is 2.64. The van der Waals surface area contributed by atoms with Crippen molar-refractivity contribution in [1.29, 1.82) is 0 Å². The van der Waals surface area contributed by atoms with Gasteiger partial charge in [0.05, 0.1) is 11.6 Å². The molecule has 0 aromatic heterocycles. The number of ketones is 1. The minimum absolute atomic E-state index is 0.0709. The van der Waals surface area contributed by atoms with Gasteiger partial charge in [-0.15, -0.1) is 0 Å². The third-order valence-corrected chi connectivity index (χ3v) is 3.42. The zero-order valence-corrected chi connectivity index (χ0v) is 11.4. The van der Waals surface area contributed by atoms with Crippen molar-refractivity contribution in [2.75, 3.05) is 6.54 Å². The number of aliphatic hydroxyl groups is 1. The van der Waals surface area contributed by atoms with Gasteiger partial charge in [-0.25, -0.2) is 0 Å². The van der Waals surface area contributed by atoms with Crippen LogP contribution in [-0.4, -0.2) is 29.8 Å². The molecule has 0 spiro atoms. The highest BCUT2D eigenvalue weighted by Crippen LogP contribution is 2.38. The lowest BCUT2D eigenvalue weighted by atomic mass is 9.87. The number of rotatable bonds is 2. The molecule has 1 aliphatic rings. The van der Waals surface area contributed by atoms with E-state index in [0.29, 0.717) is 12.0 Å². The molecule has 0 radical (unpaired) electrons. The van der Waals surface area contributed by atoms with E-state index in [2.05, 4.69) is 5.32 Å². The first-order chi connectivity index (χ1) is 10.5. The summed E-state index contributed by atoms with van der Waals surface area (Å²) in [5, 5.41) is 11.7. The van der Waals surface area contributed by atoms with E-state index >= 15 is 0 Å². The molecule has 9 heteroatoms. The quantitative estimate of drug-likeness (QED) is 0.493. The van der Waals surface area contributed by atoms with Crippen LogP contribution in [0.1, 0.15) is 17.2 Å². The van der Waals surface area contributed by atoms with E-state index in [-0.39, 0.29) is 12.1 Å². The lowest BCUT2D eigenvalue weighted by Gasteiger charge is -2.29. The molecule has 2 N–H and O–H groups in total. The van der Waals surface area contributed by atoms with E-state index in [9.17, 15) is 36.2 Å². The van der Waals surface area contributed by atoms with Gasteiger partial charge in [-0.2, -0.15) is 26.3 Å². The molecule has 1 aliphatic heterocycles. The van der Waals surface area contributed by atoms with Crippen molar-refractivity contribution in [1.82, 2.24) is 5.32 Å². The molecule has 0 fully saturated rings. The molecule has 23 heavy (non-hydrogen) atoms. The van der Waals surface area contributed by atoms with Gasteiger partial charge in [-0.05, 0) is 17.5 Å². The number of nitrogens with one attached hydrogen (secondary N) is 1. The van der Waals surface area contributed by atoms with Crippen LogP contribution in [0.15, 0.2) is 35.6 Å². The van der Waals surface area contributed by atoms with Gasteiger partial charge in [0.15, 0.2) is 0 Å². The topological polar surface area (TPSA) is 49.3 Å². The summed E-state index contributed by atoms with van der Waals surface area (Å²) in [6.07, 6.45) is -10.6. The SMILES string of the molecule is O=C(C(=C(O)C(F)(F)F)C1NCCc2ccccc21)C(F)(F)F. The molecule has 0 saturated carbocycles. The number of allylic oxidation sites excluding steroid dienone is 1. The molecule has 0 bridgehead atoms. The number of benzene rings is 1. The van der Waals surface area contributed by atoms with Gasteiger partial charge in [-0.1, -0.05) is 24.3 Å². The maximum absolute atomic E-state index is 12.7. The van der Waals surface area contributed by atoms with E-state index in [0.717, 1.165) is 0 Å². The molecule has 1 aromatic carbocycles. The lowest BCUT2D eigenvalue weighted by molar-refractivity contribution is -0.168. The summed E-state index contributed by atoms with van der Waals surface area (Å²) < 4.78 is 76.2. The van der Waals surface area contributed by atoms with Crippen molar-refractivity contribution >= 4 is 5.78 Å². The first-order valence-corrected chi connectivity index (χ1v) is 6.46. The van der Waals surface area contributed by atoms with Crippen LogP contribution in [0.4, 0.5) is 26.3 Å². The molecule has 3 nitrogen and oxygen atoms in total. The molecule has 0 aliphatic carbocycles. The Bertz CT molecular complexity index is 647. The predicted molar refractivity (Wildman–Crippen MR) is 67.7 cm³/mol. The molecule has 1 aromatic rings. The highest BCUT2D eigenvalue weighted by Gasteiger charge is 2.50. The predicted octanol–water partition coefficient (Wildman–Crippen LogP) is 3.38. The first kappa shape index (κ1) is 17.3. The van der Waals surface area contributed by atoms with Crippen molar-refractivity contribution in [3.63, 3.8) is 0 Å². The maximum atomic E-state index is 12.7. The number of Topliss-reactive ketones (excluding diaryl/α,β-unsaturated/α-hetero) is 1. The number of aliphatic hydroxyl groups excluding tert-OH is 1. The molecule has 0 amide bonds. The summed E-state index contributed by atoms with van der Waals surface area (Å²) in [6.45, 7) is 0.0709. The molecule has 2 rings (SSSR count). The van der Waals surface area contributed by atoms with Crippen LogP contribution in [0.5, 0.6) is 0 Å². The number of carbonyl (C=O) groups is 1. The second-order valence-corrected chi connectivity index (χ2v) is 4.92. The zero-order chi connectivity index (χ0) is 17.4. The Morgan fingerprint density at radius 2 is 1.70 bits per heavy atom. The van der Waals surface area contributed by atoms with Crippen LogP contribution in [0, 0.1) is 0 Å². The van der Waals surface area contributed by atoms with Gasteiger partial charge >= 0.3 is 12.4 Å². The van der Waals surface area contributed by atoms with Crippen LogP contribution < -0.4 is 5.32 Å². The summed E-state index contributed by atoms with van der Waals surface area (Å²) in [5.41, 5.74) is -1.13. The first-order valence-electron chi connectivity index (χ1n) is 6.46. The standard InChI is InChI=1S/C14H11F6NO2/c15-13(16,17)11(22)9(12(23)14(18,19)20)10-8-4-2-1-3-7(8)5-6-21-10/h1-4,10,21-22H,5-6H2. The average Bonchev–Trinajstić information content (AvgIpc) is 2.45. The van der Waals surface area contributed by atoms with E-state index < -0.39 is 35.5 Å². The van der Waals surface area contributed by atoms with Crippen molar-refractivity contribution in [3.8, 4) is 0 Å². The van der Waals surface area contributed by atoms with Gasteiger partial charge in [0.25, 0.3) is 5.78 Å². The minimum Gasteiger partial charge on any atom is -0.504 e. The van der Waals surface area contributed by atoms with Crippen LogP contribution >= 0.6 is 0 Å². The molecule has 1 unspecified atom stereocenters. The number of halogens is 6. The van der Waals surface area contributed by atoms with E-state index in [1.807, 2.05) is 0 Å². The van der Waals surface area contributed by atoms with Crippen molar-refractivity contribution in [3.05, 3.63) is 46.7 Å². The number of hydrogen-bond acceptors (Lipinski definition) is 3. The Morgan fingerprint density at radius 1 is 1.09 bits per heavy atom. The minimum atomic E-state index is -5.54. The Labute approximate surface area is 126 Å². The summed E-state index contributed by atoms with van der Waals surface area (Å²) >= 11 is 0. The fraction of sp³-hybridized carbons (Fsp3) is 0.357. The summed E-state index contributed by atoms with van der Waals surface area (Å²) in [7, 11) is 0. The van der Waals surface area contributed by atoms with E-state index in [1.54, 1.807) is 12.1 Å². The Hall–Kier alpha value is -2.03. The molecule has 1 heterocycles. The highest BCUT2D eigenvalue weighted by molar-refractivity contribution is 6.01. The van der Waals surface area contributed by atoms with Crippen LogP contribution in [-0.2, 0) is 11.2 Å². The smallest absolute Gasteiger partial charge is 0.454 e. The molecular formula is C14H11F6NO2. The number of carbonyl (C=O) groups excluding carboxylic acids is 1. The van der Waals surface area contributed by atoms with Crippen LogP contribution in [0.3, 0.4) is 0 Å². The monoisotopic (exact) mass is 339 g/mol.